The van der Waals surface area contributed by atoms with Gasteiger partial charge in [0.05, 0.1) is 12.7 Å². The number of rotatable bonds is 0. The summed E-state index contributed by atoms with van der Waals surface area (Å²) in [4.78, 5) is 10.9. The molecule has 0 aromatic rings. The van der Waals surface area contributed by atoms with E-state index in [1.54, 1.807) is 6.08 Å². The van der Waals surface area contributed by atoms with E-state index in [4.69, 9.17) is 4.74 Å². The lowest BCUT2D eigenvalue weighted by Gasteiger charge is -2.00. The van der Waals surface area contributed by atoms with Gasteiger partial charge in [0.2, 0.25) is 0 Å². The molecule has 2 atom stereocenters. The lowest BCUT2D eigenvalue weighted by Crippen LogP contribution is -1.99. The van der Waals surface area contributed by atoms with Crippen molar-refractivity contribution in [1.29, 1.82) is 0 Å². The lowest BCUT2D eigenvalue weighted by atomic mass is 10.0. The summed E-state index contributed by atoms with van der Waals surface area (Å²) in [5.74, 6) is 0.692. The van der Waals surface area contributed by atoms with Gasteiger partial charge in [-0.3, -0.25) is 4.79 Å². The smallest absolute Gasteiger partial charge is 0.156 e. The molecule has 2 unspecified atom stereocenters. The molecule has 1 aliphatic carbocycles. The van der Waals surface area contributed by atoms with Crippen molar-refractivity contribution in [3.05, 3.63) is 11.6 Å². The van der Waals surface area contributed by atoms with Crippen LogP contribution in [0.1, 0.15) is 13.3 Å². The monoisotopic (exact) mass is 138 g/mol. The summed E-state index contributed by atoms with van der Waals surface area (Å²) in [5.41, 5.74) is 1.21. The molecule has 1 heterocycles. The van der Waals surface area contributed by atoms with Crippen LogP contribution < -0.4 is 0 Å². The maximum Gasteiger partial charge on any atom is 0.156 e. The van der Waals surface area contributed by atoms with E-state index in [9.17, 15) is 4.79 Å². The van der Waals surface area contributed by atoms with Gasteiger partial charge in [0.25, 0.3) is 0 Å². The summed E-state index contributed by atoms with van der Waals surface area (Å²) >= 11 is 0. The largest absolute Gasteiger partial charge is 0.374 e. The molecule has 2 rings (SSSR count). The highest BCUT2D eigenvalue weighted by atomic mass is 16.5. The maximum absolute atomic E-state index is 10.9. The number of allylic oxidation sites excluding steroid dienone is 1. The number of ether oxygens (including phenoxy) is 1. The molecule has 2 aliphatic rings. The van der Waals surface area contributed by atoms with E-state index in [1.807, 2.05) is 6.92 Å². The van der Waals surface area contributed by atoms with Gasteiger partial charge < -0.3 is 4.74 Å². The van der Waals surface area contributed by atoms with Gasteiger partial charge in [-0.15, -0.1) is 0 Å². The average molecular weight is 138 g/mol. The van der Waals surface area contributed by atoms with E-state index in [-0.39, 0.29) is 11.9 Å². The van der Waals surface area contributed by atoms with Gasteiger partial charge >= 0.3 is 0 Å². The molecule has 54 valence electrons. The Morgan fingerprint density at radius 2 is 2.50 bits per heavy atom. The summed E-state index contributed by atoms with van der Waals surface area (Å²) in [5, 5.41) is 0. The zero-order valence-electron chi connectivity index (χ0n) is 5.96. The Bertz CT molecular complexity index is 205. The minimum atomic E-state index is 0.191. The SMILES string of the molecule is CC1OCC2CC(=O)C=C21. The fourth-order valence-electron chi connectivity index (χ4n) is 1.68. The summed E-state index contributed by atoms with van der Waals surface area (Å²) in [6.07, 6.45) is 2.62. The van der Waals surface area contributed by atoms with Crippen LogP contribution in [-0.4, -0.2) is 18.5 Å². The van der Waals surface area contributed by atoms with Gasteiger partial charge in [-0.25, -0.2) is 0 Å². The molecule has 1 fully saturated rings. The molecule has 0 bridgehead atoms. The van der Waals surface area contributed by atoms with Gasteiger partial charge in [-0.1, -0.05) is 0 Å². The first-order chi connectivity index (χ1) is 4.77. The third kappa shape index (κ3) is 0.721. The van der Waals surface area contributed by atoms with Crippen LogP contribution in [0, 0.1) is 5.92 Å². The predicted molar refractivity (Wildman–Crippen MR) is 36.6 cm³/mol. The Morgan fingerprint density at radius 3 is 3.20 bits per heavy atom. The molecule has 2 heteroatoms. The van der Waals surface area contributed by atoms with Gasteiger partial charge in [0.15, 0.2) is 5.78 Å². The van der Waals surface area contributed by atoms with Gasteiger partial charge in [0.1, 0.15) is 0 Å². The topological polar surface area (TPSA) is 26.3 Å². The molecule has 1 saturated heterocycles. The van der Waals surface area contributed by atoms with E-state index >= 15 is 0 Å². The standard InChI is InChI=1S/C8H10O2/c1-5-8-3-7(9)2-6(8)4-10-5/h3,5-6H,2,4H2,1H3. The van der Waals surface area contributed by atoms with Crippen molar-refractivity contribution in [1.82, 2.24) is 0 Å². The Hall–Kier alpha value is -0.630. The first-order valence-corrected chi connectivity index (χ1v) is 3.63. The molecule has 0 aromatic heterocycles. The number of hydrogen-bond acceptors (Lipinski definition) is 2. The third-order valence-electron chi connectivity index (χ3n) is 2.26. The van der Waals surface area contributed by atoms with Gasteiger partial charge in [-0.05, 0) is 18.6 Å². The second-order valence-electron chi connectivity index (χ2n) is 2.99. The Labute approximate surface area is 59.9 Å². The van der Waals surface area contributed by atoms with Crippen LogP contribution in [0.3, 0.4) is 0 Å². The second-order valence-corrected chi connectivity index (χ2v) is 2.99. The molecule has 0 spiro atoms. The molecule has 0 radical (unpaired) electrons. The number of carbonyl (C=O) groups is 1. The lowest BCUT2D eigenvalue weighted by molar-refractivity contribution is -0.114. The molecular formula is C8H10O2. The Morgan fingerprint density at radius 1 is 1.70 bits per heavy atom. The van der Waals surface area contributed by atoms with Gasteiger partial charge in [-0.2, -0.15) is 0 Å². The van der Waals surface area contributed by atoms with E-state index in [1.165, 1.54) is 5.57 Å². The molecule has 2 nitrogen and oxygen atoms in total. The first-order valence-electron chi connectivity index (χ1n) is 3.63. The Balaban J connectivity index is 2.28. The van der Waals surface area contributed by atoms with E-state index in [0.29, 0.717) is 12.3 Å². The van der Waals surface area contributed by atoms with Crippen LogP contribution in [0.5, 0.6) is 0 Å². The quantitative estimate of drug-likeness (QED) is 0.497. The number of fused-ring (bicyclic) bond motifs is 1. The second kappa shape index (κ2) is 1.92. The van der Waals surface area contributed by atoms with Crippen LogP contribution in [0.4, 0.5) is 0 Å². The number of hydrogen-bond donors (Lipinski definition) is 0. The van der Waals surface area contributed by atoms with Crippen LogP contribution in [-0.2, 0) is 9.53 Å². The van der Waals surface area contributed by atoms with Crippen molar-refractivity contribution in [2.45, 2.75) is 19.4 Å². The molecule has 0 N–H and O–H groups in total. The number of carbonyl (C=O) groups excluding carboxylic acids is 1. The van der Waals surface area contributed by atoms with Crippen molar-refractivity contribution in [3.63, 3.8) is 0 Å². The molecule has 0 aromatic carbocycles. The van der Waals surface area contributed by atoms with Crippen molar-refractivity contribution in [2.75, 3.05) is 6.61 Å². The summed E-state index contributed by atoms with van der Waals surface area (Å²) in [7, 11) is 0. The predicted octanol–water partition coefficient (Wildman–Crippen LogP) is 0.921. The van der Waals surface area contributed by atoms with E-state index < -0.39 is 0 Å². The van der Waals surface area contributed by atoms with Crippen molar-refractivity contribution in [2.24, 2.45) is 5.92 Å². The highest BCUT2D eigenvalue weighted by Gasteiger charge is 2.34. The average Bonchev–Trinajstić information content (AvgIpc) is 2.35. The zero-order chi connectivity index (χ0) is 7.14. The first kappa shape index (κ1) is 6.10. The highest BCUT2D eigenvalue weighted by Crippen LogP contribution is 2.33. The molecule has 0 saturated carbocycles. The molecular weight excluding hydrogens is 128 g/mol. The number of ketones is 1. The summed E-state index contributed by atoms with van der Waals surface area (Å²) in [6.45, 7) is 2.75. The molecule has 1 aliphatic heterocycles. The normalized spacial score (nSPS) is 38.1. The molecule has 0 amide bonds. The van der Waals surface area contributed by atoms with Crippen LogP contribution >= 0.6 is 0 Å². The Kier molecular flexibility index (Phi) is 1.17. The van der Waals surface area contributed by atoms with E-state index in [0.717, 1.165) is 6.61 Å². The van der Waals surface area contributed by atoms with Crippen LogP contribution in [0.25, 0.3) is 0 Å². The fraction of sp³-hybridized carbons (Fsp3) is 0.625. The summed E-state index contributed by atoms with van der Waals surface area (Å²) < 4.78 is 5.35. The minimum Gasteiger partial charge on any atom is -0.374 e. The minimum absolute atomic E-state index is 0.191. The van der Waals surface area contributed by atoms with Crippen molar-refractivity contribution in [3.8, 4) is 0 Å². The fourth-order valence-corrected chi connectivity index (χ4v) is 1.68. The maximum atomic E-state index is 10.9. The van der Waals surface area contributed by atoms with Crippen molar-refractivity contribution >= 4 is 5.78 Å². The molecule has 10 heavy (non-hydrogen) atoms. The van der Waals surface area contributed by atoms with Gasteiger partial charge in [0, 0.05) is 12.3 Å². The van der Waals surface area contributed by atoms with Crippen LogP contribution in [0.15, 0.2) is 11.6 Å². The third-order valence-corrected chi connectivity index (χ3v) is 2.26. The van der Waals surface area contributed by atoms with Crippen LogP contribution in [0.2, 0.25) is 0 Å². The van der Waals surface area contributed by atoms with E-state index in [2.05, 4.69) is 0 Å². The zero-order valence-corrected chi connectivity index (χ0v) is 5.96. The summed E-state index contributed by atoms with van der Waals surface area (Å²) in [6, 6.07) is 0. The highest BCUT2D eigenvalue weighted by molar-refractivity contribution is 5.93. The van der Waals surface area contributed by atoms with Crippen molar-refractivity contribution < 1.29 is 9.53 Å².